The Hall–Kier alpha value is -0.123. The SMILES string of the molecule is CC1=C(CO[Si](C)(C)C(C)(C)C)C(C)(C)C(O)CC1. The minimum absolute atomic E-state index is 0.148. The van der Waals surface area contributed by atoms with E-state index in [1.54, 1.807) is 0 Å². The third-order valence-corrected chi connectivity index (χ3v) is 9.78. The Morgan fingerprint density at radius 2 is 1.84 bits per heavy atom. The molecule has 0 aliphatic heterocycles. The lowest BCUT2D eigenvalue weighted by Crippen LogP contribution is -2.44. The lowest BCUT2D eigenvalue weighted by atomic mass is 9.71. The molecule has 0 aromatic rings. The number of rotatable bonds is 3. The summed E-state index contributed by atoms with van der Waals surface area (Å²) in [7, 11) is -1.72. The summed E-state index contributed by atoms with van der Waals surface area (Å²) >= 11 is 0. The average Bonchev–Trinajstić information content (AvgIpc) is 2.22. The quantitative estimate of drug-likeness (QED) is 0.610. The predicted octanol–water partition coefficient (Wildman–Crippen LogP) is 4.51. The number of aliphatic hydroxyl groups is 1. The van der Waals surface area contributed by atoms with E-state index in [2.05, 4.69) is 54.6 Å². The molecule has 1 aliphatic carbocycles. The molecule has 112 valence electrons. The van der Waals surface area contributed by atoms with Gasteiger partial charge >= 0.3 is 0 Å². The Morgan fingerprint density at radius 1 is 1.32 bits per heavy atom. The fourth-order valence-electron chi connectivity index (χ4n) is 2.39. The first kappa shape index (κ1) is 16.9. The first-order chi connectivity index (χ1) is 8.39. The van der Waals surface area contributed by atoms with E-state index in [1.165, 1.54) is 11.1 Å². The molecule has 1 N–H and O–H groups in total. The van der Waals surface area contributed by atoms with E-state index in [0.717, 1.165) is 12.8 Å². The molecule has 0 fully saturated rings. The van der Waals surface area contributed by atoms with Crippen molar-refractivity contribution in [1.29, 1.82) is 0 Å². The second kappa shape index (κ2) is 5.34. The highest BCUT2D eigenvalue weighted by Crippen LogP contribution is 2.42. The summed E-state index contributed by atoms with van der Waals surface area (Å²) in [6.45, 7) is 18.5. The van der Waals surface area contributed by atoms with Crippen LogP contribution in [0.5, 0.6) is 0 Å². The van der Waals surface area contributed by atoms with Gasteiger partial charge in [-0.2, -0.15) is 0 Å². The zero-order valence-electron chi connectivity index (χ0n) is 14.1. The first-order valence-electron chi connectivity index (χ1n) is 7.41. The smallest absolute Gasteiger partial charge is 0.192 e. The Kier molecular flexibility index (Phi) is 4.76. The maximum atomic E-state index is 10.2. The number of hydrogen-bond acceptors (Lipinski definition) is 2. The number of allylic oxidation sites excluding steroid dienone is 1. The van der Waals surface area contributed by atoms with Gasteiger partial charge in [0.25, 0.3) is 0 Å². The summed E-state index contributed by atoms with van der Waals surface area (Å²) < 4.78 is 6.36. The zero-order valence-corrected chi connectivity index (χ0v) is 15.1. The second-order valence-electron chi connectivity index (χ2n) is 8.08. The van der Waals surface area contributed by atoms with Crippen LogP contribution in [0.4, 0.5) is 0 Å². The van der Waals surface area contributed by atoms with Gasteiger partial charge in [0.15, 0.2) is 8.32 Å². The maximum Gasteiger partial charge on any atom is 0.192 e. The van der Waals surface area contributed by atoms with Crippen LogP contribution < -0.4 is 0 Å². The monoisotopic (exact) mass is 284 g/mol. The van der Waals surface area contributed by atoms with E-state index in [9.17, 15) is 5.11 Å². The minimum Gasteiger partial charge on any atom is -0.413 e. The molecule has 0 amide bonds. The lowest BCUT2D eigenvalue weighted by Gasteiger charge is -2.42. The molecule has 0 aromatic carbocycles. The van der Waals surface area contributed by atoms with Gasteiger partial charge in [0, 0.05) is 5.41 Å². The van der Waals surface area contributed by atoms with Crippen LogP contribution in [0.3, 0.4) is 0 Å². The van der Waals surface area contributed by atoms with Crippen LogP contribution in [-0.2, 0) is 4.43 Å². The van der Waals surface area contributed by atoms with Crippen molar-refractivity contribution in [2.45, 2.75) is 78.6 Å². The van der Waals surface area contributed by atoms with E-state index in [4.69, 9.17) is 4.43 Å². The molecular weight excluding hydrogens is 252 g/mol. The van der Waals surface area contributed by atoms with Gasteiger partial charge in [-0.15, -0.1) is 0 Å². The Bertz CT molecular complexity index is 361. The molecule has 1 atom stereocenters. The van der Waals surface area contributed by atoms with E-state index in [0.29, 0.717) is 6.61 Å². The van der Waals surface area contributed by atoms with Gasteiger partial charge in [-0.25, -0.2) is 0 Å². The van der Waals surface area contributed by atoms with Crippen LogP contribution >= 0.6 is 0 Å². The highest BCUT2D eigenvalue weighted by molar-refractivity contribution is 6.74. The topological polar surface area (TPSA) is 29.5 Å². The fourth-order valence-corrected chi connectivity index (χ4v) is 3.33. The molecule has 1 rings (SSSR count). The zero-order chi connectivity index (χ0) is 15.1. The Labute approximate surface area is 120 Å². The van der Waals surface area contributed by atoms with Crippen molar-refractivity contribution >= 4 is 8.32 Å². The first-order valence-corrected chi connectivity index (χ1v) is 10.3. The molecule has 3 heteroatoms. The molecule has 1 aliphatic rings. The van der Waals surface area contributed by atoms with Crippen molar-refractivity contribution in [3.8, 4) is 0 Å². The highest BCUT2D eigenvalue weighted by Gasteiger charge is 2.40. The van der Waals surface area contributed by atoms with Gasteiger partial charge in [0.2, 0.25) is 0 Å². The van der Waals surface area contributed by atoms with Gasteiger partial charge in [-0.3, -0.25) is 0 Å². The van der Waals surface area contributed by atoms with Gasteiger partial charge in [0.05, 0.1) is 12.7 Å². The average molecular weight is 285 g/mol. The van der Waals surface area contributed by atoms with Crippen molar-refractivity contribution in [2.75, 3.05) is 6.61 Å². The summed E-state index contributed by atoms with van der Waals surface area (Å²) in [5.74, 6) is 0. The van der Waals surface area contributed by atoms with E-state index in [1.807, 2.05) is 0 Å². The summed E-state index contributed by atoms with van der Waals surface area (Å²) in [4.78, 5) is 0. The van der Waals surface area contributed by atoms with Crippen LogP contribution in [0, 0.1) is 5.41 Å². The Balaban J connectivity index is 2.87. The molecule has 0 saturated heterocycles. The summed E-state index contributed by atoms with van der Waals surface area (Å²) in [6, 6.07) is 0. The van der Waals surface area contributed by atoms with Crippen molar-refractivity contribution in [3.05, 3.63) is 11.1 Å². The molecule has 2 nitrogen and oxygen atoms in total. The second-order valence-corrected chi connectivity index (χ2v) is 12.9. The lowest BCUT2D eigenvalue weighted by molar-refractivity contribution is 0.0507. The molecule has 0 heterocycles. The van der Waals surface area contributed by atoms with Crippen LogP contribution in [0.15, 0.2) is 11.1 Å². The van der Waals surface area contributed by atoms with Gasteiger partial charge in [0.1, 0.15) is 0 Å². The molecule has 1 unspecified atom stereocenters. The summed E-state index contributed by atoms with van der Waals surface area (Å²) in [5, 5.41) is 10.5. The largest absolute Gasteiger partial charge is 0.413 e. The molecule has 0 bridgehead atoms. The minimum atomic E-state index is -1.72. The number of hydrogen-bond donors (Lipinski definition) is 1. The standard InChI is InChI=1S/C16H32O2Si/c1-12-9-10-14(17)16(5,6)13(12)11-18-19(7,8)15(2,3)4/h14,17H,9-11H2,1-8H3. The van der Waals surface area contributed by atoms with E-state index >= 15 is 0 Å². The molecule has 0 saturated carbocycles. The van der Waals surface area contributed by atoms with Crippen LogP contribution in [0.2, 0.25) is 18.1 Å². The van der Waals surface area contributed by atoms with Crippen molar-refractivity contribution < 1.29 is 9.53 Å². The highest BCUT2D eigenvalue weighted by atomic mass is 28.4. The van der Waals surface area contributed by atoms with Crippen LogP contribution in [0.1, 0.15) is 54.4 Å². The van der Waals surface area contributed by atoms with Crippen molar-refractivity contribution in [3.63, 3.8) is 0 Å². The van der Waals surface area contributed by atoms with Crippen LogP contribution in [0.25, 0.3) is 0 Å². The third kappa shape index (κ3) is 3.50. The molecule has 0 spiro atoms. The molecule has 19 heavy (non-hydrogen) atoms. The van der Waals surface area contributed by atoms with E-state index < -0.39 is 8.32 Å². The van der Waals surface area contributed by atoms with Crippen molar-refractivity contribution in [2.24, 2.45) is 5.41 Å². The normalized spacial score (nSPS) is 24.8. The fraction of sp³-hybridized carbons (Fsp3) is 0.875. The summed E-state index contributed by atoms with van der Waals surface area (Å²) in [5.41, 5.74) is 2.58. The van der Waals surface area contributed by atoms with Gasteiger partial charge < -0.3 is 9.53 Å². The molecule has 0 radical (unpaired) electrons. The van der Waals surface area contributed by atoms with E-state index in [-0.39, 0.29) is 16.6 Å². The molecular formula is C16H32O2Si. The predicted molar refractivity (Wildman–Crippen MR) is 84.9 cm³/mol. The number of aliphatic hydroxyl groups excluding tert-OH is 1. The maximum absolute atomic E-state index is 10.2. The summed E-state index contributed by atoms with van der Waals surface area (Å²) in [6.07, 6.45) is 1.64. The third-order valence-electron chi connectivity index (χ3n) is 5.30. The van der Waals surface area contributed by atoms with Crippen LogP contribution in [-0.4, -0.2) is 26.1 Å². The van der Waals surface area contributed by atoms with Crippen molar-refractivity contribution in [1.82, 2.24) is 0 Å². The van der Waals surface area contributed by atoms with Gasteiger partial charge in [-0.05, 0) is 43.5 Å². The molecule has 0 aromatic heterocycles. The van der Waals surface area contributed by atoms with Gasteiger partial charge in [-0.1, -0.05) is 40.2 Å². The Morgan fingerprint density at radius 3 is 2.32 bits per heavy atom.